The summed E-state index contributed by atoms with van der Waals surface area (Å²) in [5.41, 5.74) is 2.79. The van der Waals surface area contributed by atoms with E-state index in [9.17, 15) is 0 Å². The summed E-state index contributed by atoms with van der Waals surface area (Å²) in [5.74, 6) is 0. The van der Waals surface area contributed by atoms with E-state index in [2.05, 4.69) is 58.2 Å². The zero-order chi connectivity index (χ0) is 11.5. The van der Waals surface area contributed by atoms with Crippen LogP contribution in [0.3, 0.4) is 0 Å². The van der Waals surface area contributed by atoms with Gasteiger partial charge in [0.1, 0.15) is 0 Å². The molecule has 3 heteroatoms. The van der Waals surface area contributed by atoms with Crippen LogP contribution in [0.25, 0.3) is 0 Å². The number of rotatable bonds is 2. The zero-order valence-electron chi connectivity index (χ0n) is 9.96. The maximum absolute atomic E-state index is 3.54. The third-order valence-electron chi connectivity index (χ3n) is 3.32. The van der Waals surface area contributed by atoms with Gasteiger partial charge in [-0.25, -0.2) is 0 Å². The van der Waals surface area contributed by atoms with Gasteiger partial charge in [-0.05, 0) is 37.1 Å². The second kappa shape index (κ2) is 5.19. The number of benzene rings is 1. The van der Waals surface area contributed by atoms with Crippen LogP contribution in [0, 0.1) is 0 Å². The maximum atomic E-state index is 3.54. The van der Waals surface area contributed by atoms with Crippen molar-refractivity contribution in [1.82, 2.24) is 5.32 Å². The van der Waals surface area contributed by atoms with Crippen molar-refractivity contribution < 1.29 is 0 Å². The summed E-state index contributed by atoms with van der Waals surface area (Å²) >= 11 is 3.54. The molecule has 1 heterocycles. The average Bonchev–Trinajstić information content (AvgIpc) is 2.49. The Bertz CT molecular complexity index is 365. The molecule has 1 unspecified atom stereocenters. The molecule has 1 aliphatic rings. The largest absolute Gasteiger partial charge is 0.367 e. The van der Waals surface area contributed by atoms with Gasteiger partial charge >= 0.3 is 0 Å². The minimum absolute atomic E-state index is 0.611. The van der Waals surface area contributed by atoms with Gasteiger partial charge in [0.2, 0.25) is 0 Å². The van der Waals surface area contributed by atoms with E-state index >= 15 is 0 Å². The molecule has 0 aromatic heterocycles. The van der Waals surface area contributed by atoms with E-state index in [1.807, 2.05) is 0 Å². The van der Waals surface area contributed by atoms with Gasteiger partial charge in [0.25, 0.3) is 0 Å². The first-order valence-electron chi connectivity index (χ1n) is 5.98. The lowest BCUT2D eigenvalue weighted by atomic mass is 10.1. The van der Waals surface area contributed by atoms with E-state index in [4.69, 9.17) is 0 Å². The van der Waals surface area contributed by atoms with Gasteiger partial charge in [-0.2, -0.15) is 0 Å². The average molecular weight is 283 g/mol. The Morgan fingerprint density at radius 1 is 1.50 bits per heavy atom. The molecule has 0 spiro atoms. The van der Waals surface area contributed by atoms with Crippen LogP contribution in [0.5, 0.6) is 0 Å². The van der Waals surface area contributed by atoms with Crippen LogP contribution in [-0.2, 0) is 6.54 Å². The van der Waals surface area contributed by atoms with Gasteiger partial charge < -0.3 is 10.2 Å². The molecular weight excluding hydrogens is 264 g/mol. The molecule has 2 nitrogen and oxygen atoms in total. The van der Waals surface area contributed by atoms with Crippen LogP contribution in [-0.4, -0.2) is 19.1 Å². The molecule has 1 atom stereocenters. The van der Waals surface area contributed by atoms with Crippen molar-refractivity contribution in [2.45, 2.75) is 32.9 Å². The summed E-state index contributed by atoms with van der Waals surface area (Å²) in [5, 5.41) is 3.48. The van der Waals surface area contributed by atoms with Gasteiger partial charge in [-0.15, -0.1) is 0 Å². The van der Waals surface area contributed by atoms with E-state index in [0.717, 1.165) is 19.6 Å². The van der Waals surface area contributed by atoms with Crippen molar-refractivity contribution in [2.75, 3.05) is 18.0 Å². The first-order valence-corrected chi connectivity index (χ1v) is 6.77. The Morgan fingerprint density at radius 3 is 3.06 bits per heavy atom. The van der Waals surface area contributed by atoms with Crippen LogP contribution >= 0.6 is 15.9 Å². The van der Waals surface area contributed by atoms with Crippen molar-refractivity contribution in [3.05, 3.63) is 28.2 Å². The van der Waals surface area contributed by atoms with Gasteiger partial charge in [-0.3, -0.25) is 0 Å². The van der Waals surface area contributed by atoms with Gasteiger partial charge in [0, 0.05) is 35.8 Å². The molecule has 16 heavy (non-hydrogen) atoms. The highest BCUT2D eigenvalue weighted by atomic mass is 79.9. The van der Waals surface area contributed by atoms with E-state index in [1.54, 1.807) is 0 Å². The zero-order valence-corrected chi connectivity index (χ0v) is 11.5. The molecule has 0 saturated heterocycles. The molecule has 0 radical (unpaired) electrons. The number of halogens is 1. The molecule has 1 N–H and O–H groups in total. The number of anilines is 1. The number of hydrogen-bond acceptors (Lipinski definition) is 2. The maximum Gasteiger partial charge on any atom is 0.0415 e. The summed E-state index contributed by atoms with van der Waals surface area (Å²) in [6, 6.07) is 7.21. The lowest BCUT2D eigenvalue weighted by Crippen LogP contribution is -2.36. The third-order valence-corrected chi connectivity index (χ3v) is 3.81. The number of nitrogens with one attached hydrogen (secondary N) is 1. The second-order valence-electron chi connectivity index (χ2n) is 4.40. The van der Waals surface area contributed by atoms with Crippen molar-refractivity contribution in [3.8, 4) is 0 Å². The fourth-order valence-corrected chi connectivity index (χ4v) is 2.61. The van der Waals surface area contributed by atoms with Crippen molar-refractivity contribution in [3.63, 3.8) is 0 Å². The molecule has 1 aromatic carbocycles. The van der Waals surface area contributed by atoms with Gasteiger partial charge in [-0.1, -0.05) is 22.9 Å². The summed E-state index contributed by atoms with van der Waals surface area (Å²) in [6.45, 7) is 7.70. The number of fused-ring (bicyclic) bond motifs is 1. The normalized spacial score (nSPS) is 17.8. The minimum Gasteiger partial charge on any atom is -0.367 e. The lowest BCUT2D eigenvalue weighted by Gasteiger charge is -2.30. The van der Waals surface area contributed by atoms with E-state index in [1.165, 1.54) is 22.1 Å². The first kappa shape index (κ1) is 11.9. The van der Waals surface area contributed by atoms with E-state index in [-0.39, 0.29) is 0 Å². The summed E-state index contributed by atoms with van der Waals surface area (Å²) < 4.78 is 1.17. The predicted octanol–water partition coefficient (Wildman–Crippen LogP) is 3.16. The highest BCUT2D eigenvalue weighted by Gasteiger charge is 2.18. The smallest absolute Gasteiger partial charge is 0.0415 e. The molecule has 2 rings (SSSR count). The van der Waals surface area contributed by atoms with Crippen molar-refractivity contribution in [1.29, 1.82) is 0 Å². The van der Waals surface area contributed by atoms with Crippen molar-refractivity contribution in [2.24, 2.45) is 0 Å². The quantitative estimate of drug-likeness (QED) is 0.897. The summed E-state index contributed by atoms with van der Waals surface area (Å²) in [4.78, 5) is 2.52. The summed E-state index contributed by atoms with van der Waals surface area (Å²) in [6.07, 6.45) is 1.19. The van der Waals surface area contributed by atoms with E-state index in [0.29, 0.717) is 6.04 Å². The van der Waals surface area contributed by atoms with Gasteiger partial charge in [0.15, 0.2) is 0 Å². The molecule has 1 aliphatic heterocycles. The van der Waals surface area contributed by atoms with Crippen LogP contribution in [0.2, 0.25) is 0 Å². The predicted molar refractivity (Wildman–Crippen MR) is 72.9 cm³/mol. The Kier molecular flexibility index (Phi) is 3.87. The number of hydrogen-bond donors (Lipinski definition) is 1. The molecule has 0 fully saturated rings. The highest BCUT2D eigenvalue weighted by molar-refractivity contribution is 9.10. The molecule has 1 aromatic rings. The molecule has 0 amide bonds. The molecular formula is C13H19BrN2. The van der Waals surface area contributed by atoms with Crippen molar-refractivity contribution >= 4 is 21.6 Å². The Morgan fingerprint density at radius 2 is 2.31 bits per heavy atom. The molecule has 0 bridgehead atoms. The second-order valence-corrected chi connectivity index (χ2v) is 5.32. The topological polar surface area (TPSA) is 15.3 Å². The fraction of sp³-hybridized carbons (Fsp3) is 0.538. The monoisotopic (exact) mass is 282 g/mol. The van der Waals surface area contributed by atoms with E-state index < -0.39 is 0 Å². The standard InChI is InChI=1S/C13H19BrN2/c1-3-10(2)16-7-6-15-9-11-8-12(14)4-5-13(11)16/h4-5,8,10,15H,3,6-7,9H2,1-2H3. The molecule has 0 aliphatic carbocycles. The Labute approximate surface area is 106 Å². The Hall–Kier alpha value is -0.540. The van der Waals surface area contributed by atoms with Gasteiger partial charge in [0.05, 0.1) is 0 Å². The summed E-state index contributed by atoms with van der Waals surface area (Å²) in [7, 11) is 0. The van der Waals surface area contributed by atoms with Crippen LogP contribution in [0.4, 0.5) is 5.69 Å². The fourth-order valence-electron chi connectivity index (χ4n) is 2.20. The highest BCUT2D eigenvalue weighted by Crippen LogP contribution is 2.27. The van der Waals surface area contributed by atoms with Crippen LogP contribution in [0.15, 0.2) is 22.7 Å². The first-order chi connectivity index (χ1) is 7.72. The molecule has 0 saturated carbocycles. The minimum atomic E-state index is 0.611. The third kappa shape index (κ3) is 2.41. The lowest BCUT2D eigenvalue weighted by molar-refractivity contribution is 0.602. The molecule has 88 valence electrons. The Balaban J connectivity index is 2.36. The number of nitrogens with zero attached hydrogens (tertiary/aromatic N) is 1. The SMILES string of the molecule is CCC(C)N1CCNCc2cc(Br)ccc21. The van der Waals surface area contributed by atoms with Crippen LogP contribution in [0.1, 0.15) is 25.8 Å². The van der Waals surface area contributed by atoms with Crippen LogP contribution < -0.4 is 10.2 Å².